The zero-order valence-electron chi connectivity index (χ0n) is 10.0. The fourth-order valence-electron chi connectivity index (χ4n) is 1.87. The van der Waals surface area contributed by atoms with Crippen molar-refractivity contribution >= 4 is 0 Å². The van der Waals surface area contributed by atoms with Gasteiger partial charge in [0.2, 0.25) is 0 Å². The lowest BCUT2D eigenvalue weighted by atomic mass is 10.1. The third-order valence-electron chi connectivity index (χ3n) is 2.78. The van der Waals surface area contributed by atoms with Gasteiger partial charge in [-0.3, -0.25) is 0 Å². The minimum absolute atomic E-state index is 0.301. The normalized spacial score (nSPS) is 11.8. The van der Waals surface area contributed by atoms with Gasteiger partial charge in [0.15, 0.2) is 0 Å². The first-order valence-electron chi connectivity index (χ1n) is 5.66. The van der Waals surface area contributed by atoms with E-state index in [9.17, 15) is 13.2 Å². The Morgan fingerprint density at radius 2 is 2.00 bits per heavy atom. The summed E-state index contributed by atoms with van der Waals surface area (Å²) in [6, 6.07) is 6.59. The van der Waals surface area contributed by atoms with E-state index in [4.69, 9.17) is 4.42 Å². The van der Waals surface area contributed by atoms with E-state index in [2.05, 4.69) is 10.1 Å². The van der Waals surface area contributed by atoms with Gasteiger partial charge >= 0.3 is 6.18 Å². The van der Waals surface area contributed by atoms with E-state index >= 15 is 0 Å². The zero-order valence-corrected chi connectivity index (χ0v) is 10.0. The van der Waals surface area contributed by atoms with Crippen molar-refractivity contribution < 1.29 is 17.6 Å². The van der Waals surface area contributed by atoms with Gasteiger partial charge in [0.25, 0.3) is 0 Å². The van der Waals surface area contributed by atoms with Crippen molar-refractivity contribution in [3.63, 3.8) is 0 Å². The van der Waals surface area contributed by atoms with E-state index in [1.807, 2.05) is 0 Å². The molecule has 0 N–H and O–H groups in total. The molecule has 0 saturated heterocycles. The molecule has 1 aromatic carbocycles. The zero-order chi connectivity index (χ0) is 14.2. The van der Waals surface area contributed by atoms with Gasteiger partial charge in [-0.2, -0.15) is 18.3 Å². The van der Waals surface area contributed by atoms with E-state index < -0.39 is 11.7 Å². The largest absolute Gasteiger partial charge is 0.464 e. The summed E-state index contributed by atoms with van der Waals surface area (Å²) in [6.45, 7) is 0. The Bertz CT molecular complexity index is 703. The summed E-state index contributed by atoms with van der Waals surface area (Å²) in [5.41, 5.74) is 0.0218. The molecule has 4 nitrogen and oxygen atoms in total. The molecule has 0 spiro atoms. The molecule has 0 fully saturated rings. The molecule has 0 aliphatic heterocycles. The van der Waals surface area contributed by atoms with Crippen molar-refractivity contribution in [2.24, 2.45) is 0 Å². The number of rotatable bonds is 2. The fraction of sp³-hybridized carbons (Fsp3) is 0.0769. The second-order valence-corrected chi connectivity index (χ2v) is 4.05. The third kappa shape index (κ3) is 2.18. The van der Waals surface area contributed by atoms with Crippen LogP contribution in [0.15, 0.2) is 53.7 Å². The van der Waals surface area contributed by atoms with E-state index in [1.54, 1.807) is 12.1 Å². The van der Waals surface area contributed by atoms with Gasteiger partial charge < -0.3 is 4.42 Å². The molecule has 0 amide bonds. The van der Waals surface area contributed by atoms with Crippen LogP contribution in [0.5, 0.6) is 0 Å². The van der Waals surface area contributed by atoms with Crippen molar-refractivity contribution in [1.29, 1.82) is 0 Å². The second-order valence-electron chi connectivity index (χ2n) is 4.05. The molecule has 2 aromatic heterocycles. The van der Waals surface area contributed by atoms with Crippen molar-refractivity contribution in [1.82, 2.24) is 14.8 Å². The molecule has 2 heterocycles. The summed E-state index contributed by atoms with van der Waals surface area (Å²) < 4.78 is 45.0. The van der Waals surface area contributed by atoms with Gasteiger partial charge in [0.05, 0.1) is 17.5 Å². The second kappa shape index (κ2) is 4.52. The average Bonchev–Trinajstić information content (AvgIpc) is 3.10. The van der Waals surface area contributed by atoms with Crippen molar-refractivity contribution in [3.05, 3.63) is 54.8 Å². The smallest absolute Gasteiger partial charge is 0.416 e. The van der Waals surface area contributed by atoms with Gasteiger partial charge in [-0.1, -0.05) is 0 Å². The average molecular weight is 279 g/mol. The highest BCUT2D eigenvalue weighted by atomic mass is 19.4. The Kier molecular flexibility index (Phi) is 2.81. The quantitative estimate of drug-likeness (QED) is 0.720. The summed E-state index contributed by atoms with van der Waals surface area (Å²) in [7, 11) is 0. The van der Waals surface area contributed by atoms with Crippen LogP contribution in [0.1, 0.15) is 5.56 Å². The van der Waals surface area contributed by atoms with Gasteiger partial charge in [-0.15, -0.1) is 0 Å². The molecular weight excluding hydrogens is 271 g/mol. The molecule has 0 saturated carbocycles. The number of hydrogen-bond acceptors (Lipinski definition) is 3. The van der Waals surface area contributed by atoms with Crippen molar-refractivity contribution in [2.45, 2.75) is 6.18 Å². The minimum atomic E-state index is -4.41. The van der Waals surface area contributed by atoms with Crippen molar-refractivity contribution in [2.75, 3.05) is 0 Å². The van der Waals surface area contributed by atoms with E-state index in [0.717, 1.165) is 12.1 Å². The molecule has 3 rings (SSSR count). The van der Waals surface area contributed by atoms with Crippen LogP contribution in [0.25, 0.3) is 17.0 Å². The van der Waals surface area contributed by atoms with E-state index in [1.165, 1.54) is 29.7 Å². The molecule has 102 valence electrons. The topological polar surface area (TPSA) is 43.9 Å². The molecule has 0 aliphatic rings. The lowest BCUT2D eigenvalue weighted by molar-refractivity contribution is -0.137. The molecule has 0 unspecified atom stereocenters. The van der Waals surface area contributed by atoms with Gasteiger partial charge in [-0.05, 0) is 30.3 Å². The fourth-order valence-corrected chi connectivity index (χ4v) is 1.87. The number of benzene rings is 1. The molecule has 20 heavy (non-hydrogen) atoms. The predicted molar refractivity (Wildman–Crippen MR) is 64.1 cm³/mol. The van der Waals surface area contributed by atoms with Crippen LogP contribution in [0.3, 0.4) is 0 Å². The first-order chi connectivity index (χ1) is 9.55. The summed E-state index contributed by atoms with van der Waals surface area (Å²) >= 11 is 0. The number of alkyl halides is 3. The molecule has 0 radical (unpaired) electrons. The lowest BCUT2D eigenvalue weighted by Crippen LogP contribution is -2.06. The third-order valence-corrected chi connectivity index (χ3v) is 2.78. The molecule has 0 bridgehead atoms. The standard InChI is InChI=1S/C13H8F3N3O/c14-13(15,16)9-3-4-11(19-8-17-7-18-19)10(6-9)12-2-1-5-20-12/h1-8H. The Hall–Kier alpha value is -2.57. The monoisotopic (exact) mass is 279 g/mol. The van der Waals surface area contributed by atoms with Crippen LogP contribution in [-0.2, 0) is 6.18 Å². The molecule has 0 atom stereocenters. The predicted octanol–water partition coefficient (Wildman–Crippen LogP) is 3.55. The van der Waals surface area contributed by atoms with Gasteiger partial charge in [-0.25, -0.2) is 9.67 Å². The Labute approximate surface area is 111 Å². The number of nitrogens with zero attached hydrogens (tertiary/aromatic N) is 3. The van der Waals surface area contributed by atoms with Crippen LogP contribution < -0.4 is 0 Å². The van der Waals surface area contributed by atoms with Crippen LogP contribution >= 0.6 is 0 Å². The number of hydrogen-bond donors (Lipinski definition) is 0. The summed E-state index contributed by atoms with van der Waals surface area (Å²) in [5, 5.41) is 3.93. The molecular formula is C13H8F3N3O. The molecule has 3 aromatic rings. The maximum Gasteiger partial charge on any atom is 0.416 e. The lowest BCUT2D eigenvalue weighted by Gasteiger charge is -2.12. The SMILES string of the molecule is FC(F)(F)c1ccc(-n2cncn2)c(-c2ccco2)c1. The highest BCUT2D eigenvalue weighted by Crippen LogP contribution is 2.35. The first-order valence-corrected chi connectivity index (χ1v) is 5.66. The highest BCUT2D eigenvalue weighted by Gasteiger charge is 2.31. The van der Waals surface area contributed by atoms with Crippen LogP contribution in [0.2, 0.25) is 0 Å². The molecule has 7 heteroatoms. The summed E-state index contributed by atoms with van der Waals surface area (Å²) in [5.74, 6) is 0.335. The number of furan rings is 1. The Morgan fingerprint density at radius 3 is 2.60 bits per heavy atom. The Morgan fingerprint density at radius 1 is 1.15 bits per heavy atom. The first kappa shape index (κ1) is 12.5. The summed E-state index contributed by atoms with van der Waals surface area (Å²) in [4.78, 5) is 3.79. The van der Waals surface area contributed by atoms with Gasteiger partial charge in [0, 0.05) is 5.56 Å². The minimum Gasteiger partial charge on any atom is -0.464 e. The highest BCUT2D eigenvalue weighted by molar-refractivity contribution is 5.69. The van der Waals surface area contributed by atoms with E-state index in [-0.39, 0.29) is 0 Å². The Balaban J connectivity index is 2.21. The number of halogens is 3. The maximum absolute atomic E-state index is 12.8. The van der Waals surface area contributed by atoms with E-state index in [0.29, 0.717) is 17.0 Å². The van der Waals surface area contributed by atoms with Crippen LogP contribution in [0.4, 0.5) is 13.2 Å². The van der Waals surface area contributed by atoms with Crippen molar-refractivity contribution in [3.8, 4) is 17.0 Å². The van der Waals surface area contributed by atoms with Gasteiger partial charge in [0.1, 0.15) is 18.4 Å². The molecule has 0 aliphatic carbocycles. The number of aromatic nitrogens is 3. The summed E-state index contributed by atoms with van der Waals surface area (Å²) in [6.07, 6.45) is -0.290. The van der Waals surface area contributed by atoms with Crippen LogP contribution in [-0.4, -0.2) is 14.8 Å². The van der Waals surface area contributed by atoms with Crippen LogP contribution in [0, 0.1) is 0 Å². The maximum atomic E-state index is 12.8.